The number of methoxy groups -OCH3 is 1. The van der Waals surface area contributed by atoms with Crippen molar-refractivity contribution >= 4 is 0 Å². The molecule has 6 heteroatoms. The lowest BCUT2D eigenvalue weighted by atomic mass is 9.84. The Morgan fingerprint density at radius 1 is 1.37 bits per heavy atom. The number of β-amino-alcohol motifs (C(OH)–C–C–N with tert-alkyl or cyclic N) is 1. The van der Waals surface area contributed by atoms with Crippen LogP contribution in [0.1, 0.15) is 56.3 Å². The van der Waals surface area contributed by atoms with E-state index in [0.717, 1.165) is 25.7 Å². The van der Waals surface area contributed by atoms with Gasteiger partial charge in [0, 0.05) is 13.7 Å². The van der Waals surface area contributed by atoms with Crippen LogP contribution in [0.5, 0.6) is 0 Å². The maximum Gasteiger partial charge on any atom is 0.243 e. The monoisotopic (exact) mass is 267 g/mol. The minimum Gasteiger partial charge on any atom is -0.392 e. The molecule has 2 aliphatic rings. The maximum absolute atomic E-state index is 9.54. The summed E-state index contributed by atoms with van der Waals surface area (Å²) in [6.45, 7) is 0.581. The van der Waals surface area contributed by atoms with Crippen molar-refractivity contribution in [3.05, 3.63) is 11.7 Å². The molecule has 3 rings (SSSR count). The molecule has 0 aromatic carbocycles. The Balaban J connectivity index is 1.79. The molecule has 2 heterocycles. The van der Waals surface area contributed by atoms with Crippen molar-refractivity contribution < 1.29 is 14.4 Å². The predicted octanol–water partition coefficient (Wildman–Crippen LogP) is 1.27. The summed E-state index contributed by atoms with van der Waals surface area (Å²) in [5.41, 5.74) is -0.378. The zero-order chi connectivity index (χ0) is 13.3. The van der Waals surface area contributed by atoms with Crippen LogP contribution in [0.15, 0.2) is 4.52 Å². The molecule has 6 nitrogen and oxygen atoms in total. The van der Waals surface area contributed by atoms with Gasteiger partial charge in [0.1, 0.15) is 5.60 Å². The van der Waals surface area contributed by atoms with Gasteiger partial charge in [-0.25, -0.2) is 0 Å². The van der Waals surface area contributed by atoms with E-state index < -0.39 is 0 Å². The van der Waals surface area contributed by atoms with Crippen LogP contribution in [0.3, 0.4) is 0 Å². The Kier molecular flexibility index (Phi) is 3.56. The van der Waals surface area contributed by atoms with Crippen LogP contribution in [0, 0.1) is 0 Å². The normalized spacial score (nSPS) is 30.6. The average molecular weight is 267 g/mol. The molecule has 1 aromatic heterocycles. The van der Waals surface area contributed by atoms with Crippen molar-refractivity contribution in [1.82, 2.24) is 15.5 Å². The molecule has 0 unspecified atom stereocenters. The van der Waals surface area contributed by atoms with Gasteiger partial charge in [-0.15, -0.1) is 0 Å². The minimum atomic E-state index is -0.378. The Morgan fingerprint density at radius 3 is 2.79 bits per heavy atom. The summed E-state index contributed by atoms with van der Waals surface area (Å²) in [5, 5.41) is 16.8. The fourth-order valence-corrected chi connectivity index (χ4v) is 3.11. The van der Waals surface area contributed by atoms with E-state index in [-0.39, 0.29) is 17.7 Å². The highest BCUT2D eigenvalue weighted by molar-refractivity contribution is 5.06. The van der Waals surface area contributed by atoms with Gasteiger partial charge in [0.2, 0.25) is 11.7 Å². The van der Waals surface area contributed by atoms with Gasteiger partial charge in [-0.05, 0) is 19.3 Å². The van der Waals surface area contributed by atoms with Gasteiger partial charge in [0.15, 0.2) is 0 Å². The summed E-state index contributed by atoms with van der Waals surface area (Å²) >= 11 is 0. The zero-order valence-electron chi connectivity index (χ0n) is 11.3. The second kappa shape index (κ2) is 5.19. The van der Waals surface area contributed by atoms with E-state index in [1.54, 1.807) is 7.11 Å². The summed E-state index contributed by atoms with van der Waals surface area (Å²) in [6, 6.07) is -0.0336. The summed E-state index contributed by atoms with van der Waals surface area (Å²) < 4.78 is 11.1. The van der Waals surface area contributed by atoms with Crippen molar-refractivity contribution in [2.75, 3.05) is 13.7 Å². The number of hydrogen-bond acceptors (Lipinski definition) is 6. The van der Waals surface area contributed by atoms with Crippen LogP contribution in [0.4, 0.5) is 0 Å². The van der Waals surface area contributed by atoms with Crippen molar-refractivity contribution in [3.8, 4) is 0 Å². The van der Waals surface area contributed by atoms with E-state index in [9.17, 15) is 5.11 Å². The molecule has 0 bridgehead atoms. The fraction of sp³-hybridized carbons (Fsp3) is 0.846. The van der Waals surface area contributed by atoms with E-state index in [4.69, 9.17) is 9.26 Å². The van der Waals surface area contributed by atoms with Crippen LogP contribution in [-0.4, -0.2) is 35.0 Å². The number of rotatable bonds is 3. The third-order valence-electron chi connectivity index (χ3n) is 4.31. The highest BCUT2D eigenvalue weighted by atomic mass is 16.5. The molecule has 106 valence electrons. The zero-order valence-corrected chi connectivity index (χ0v) is 11.3. The molecular weight excluding hydrogens is 246 g/mol. The van der Waals surface area contributed by atoms with E-state index in [2.05, 4.69) is 15.5 Å². The average Bonchev–Trinajstić information content (AvgIpc) is 3.08. The van der Waals surface area contributed by atoms with Gasteiger partial charge in [-0.3, -0.25) is 0 Å². The topological polar surface area (TPSA) is 80.4 Å². The second-order valence-corrected chi connectivity index (χ2v) is 5.57. The Morgan fingerprint density at radius 2 is 2.16 bits per heavy atom. The van der Waals surface area contributed by atoms with Crippen LogP contribution in [0.2, 0.25) is 0 Å². The van der Waals surface area contributed by atoms with E-state index in [1.165, 1.54) is 6.42 Å². The molecule has 1 aliphatic carbocycles. The lowest BCUT2D eigenvalue weighted by Crippen LogP contribution is -2.32. The van der Waals surface area contributed by atoms with Crippen LogP contribution in [0.25, 0.3) is 0 Å². The summed E-state index contributed by atoms with van der Waals surface area (Å²) in [4.78, 5) is 4.52. The van der Waals surface area contributed by atoms with E-state index in [0.29, 0.717) is 24.7 Å². The molecule has 2 atom stereocenters. The Bertz CT molecular complexity index is 429. The number of hydrogen-bond donors (Lipinski definition) is 2. The first kappa shape index (κ1) is 13.0. The lowest BCUT2D eigenvalue weighted by Gasteiger charge is -2.32. The number of aliphatic hydroxyl groups excluding tert-OH is 1. The minimum absolute atomic E-state index is 0.0336. The van der Waals surface area contributed by atoms with Gasteiger partial charge in [-0.1, -0.05) is 24.4 Å². The molecule has 0 amide bonds. The fourth-order valence-electron chi connectivity index (χ4n) is 3.11. The number of nitrogens with one attached hydrogen (secondary N) is 1. The predicted molar refractivity (Wildman–Crippen MR) is 67.4 cm³/mol. The molecule has 1 saturated heterocycles. The highest BCUT2D eigenvalue weighted by Crippen LogP contribution is 2.39. The molecule has 1 aromatic rings. The first-order valence-corrected chi connectivity index (χ1v) is 7.04. The summed E-state index contributed by atoms with van der Waals surface area (Å²) in [6.07, 6.45) is 5.71. The molecule has 1 aliphatic heterocycles. The van der Waals surface area contributed by atoms with Gasteiger partial charge in [0.25, 0.3) is 0 Å². The molecule has 0 radical (unpaired) electrons. The smallest absolute Gasteiger partial charge is 0.243 e. The van der Waals surface area contributed by atoms with Gasteiger partial charge >= 0.3 is 0 Å². The largest absolute Gasteiger partial charge is 0.392 e. The van der Waals surface area contributed by atoms with Gasteiger partial charge in [0.05, 0.1) is 12.1 Å². The molecule has 0 spiro atoms. The first-order valence-electron chi connectivity index (χ1n) is 7.04. The third-order valence-corrected chi connectivity index (χ3v) is 4.31. The van der Waals surface area contributed by atoms with Crippen LogP contribution in [-0.2, 0) is 10.3 Å². The Hall–Kier alpha value is -0.980. The van der Waals surface area contributed by atoms with E-state index in [1.807, 2.05) is 0 Å². The molecule has 2 N–H and O–H groups in total. The number of ether oxygens (including phenoxy) is 1. The van der Waals surface area contributed by atoms with Crippen LogP contribution < -0.4 is 5.32 Å². The number of aromatic nitrogens is 2. The SMILES string of the molecule is COC1(c2noc([C@@H]3C[C@H](O)CN3)n2)CCCCC1. The van der Waals surface area contributed by atoms with E-state index >= 15 is 0 Å². The lowest BCUT2D eigenvalue weighted by molar-refractivity contribution is -0.0527. The maximum atomic E-state index is 9.54. The van der Waals surface area contributed by atoms with Crippen molar-refractivity contribution in [2.45, 2.75) is 56.3 Å². The van der Waals surface area contributed by atoms with Crippen molar-refractivity contribution in [1.29, 1.82) is 0 Å². The standard InChI is InChI=1S/C13H21N3O3/c1-18-13(5-3-2-4-6-13)12-15-11(19-16-12)10-7-9(17)8-14-10/h9-10,14,17H,2-8H2,1H3/t9-,10-/m0/s1. The van der Waals surface area contributed by atoms with Crippen molar-refractivity contribution in [2.24, 2.45) is 0 Å². The Labute approximate surface area is 112 Å². The summed E-state index contributed by atoms with van der Waals surface area (Å²) in [7, 11) is 1.72. The molecule has 19 heavy (non-hydrogen) atoms. The molecular formula is C13H21N3O3. The number of nitrogens with zero attached hydrogens (tertiary/aromatic N) is 2. The number of aliphatic hydroxyl groups is 1. The quantitative estimate of drug-likeness (QED) is 0.858. The first-order chi connectivity index (χ1) is 9.23. The highest BCUT2D eigenvalue weighted by Gasteiger charge is 2.39. The summed E-state index contributed by atoms with van der Waals surface area (Å²) in [5.74, 6) is 1.22. The third kappa shape index (κ3) is 2.40. The van der Waals surface area contributed by atoms with Crippen LogP contribution >= 0.6 is 0 Å². The van der Waals surface area contributed by atoms with Gasteiger partial charge < -0.3 is 19.7 Å². The second-order valence-electron chi connectivity index (χ2n) is 5.57. The molecule has 1 saturated carbocycles. The molecule has 2 fully saturated rings. The van der Waals surface area contributed by atoms with Crippen molar-refractivity contribution in [3.63, 3.8) is 0 Å². The van der Waals surface area contributed by atoms with Gasteiger partial charge in [-0.2, -0.15) is 4.98 Å².